The Morgan fingerprint density at radius 3 is 2.78 bits per heavy atom. The number of rotatable bonds is 2. The first kappa shape index (κ1) is 12.6. The fourth-order valence-electron chi connectivity index (χ4n) is 2.06. The fourth-order valence-corrected chi connectivity index (χ4v) is 2.06. The number of amides is 2. The number of fused-ring (bicyclic) bond motifs is 1. The van der Waals surface area contributed by atoms with Gasteiger partial charge in [-0.15, -0.1) is 0 Å². The van der Waals surface area contributed by atoms with Gasteiger partial charge in [-0.25, -0.2) is 0 Å². The minimum absolute atomic E-state index is 0.0427. The van der Waals surface area contributed by atoms with E-state index in [1.807, 2.05) is 12.1 Å². The summed E-state index contributed by atoms with van der Waals surface area (Å²) in [6, 6.07) is 5.02. The van der Waals surface area contributed by atoms with Crippen LogP contribution >= 0.6 is 0 Å². The number of hydrogen-bond acceptors (Lipinski definition) is 3. The van der Waals surface area contributed by atoms with E-state index in [9.17, 15) is 9.59 Å². The zero-order valence-electron chi connectivity index (χ0n) is 10.6. The smallest absolute Gasteiger partial charge is 0.240 e. The first-order chi connectivity index (χ1) is 8.49. The highest BCUT2D eigenvalue weighted by atomic mass is 16.2. The number of hydrogen-bond donors (Lipinski definition) is 2. The maximum atomic E-state index is 11.5. The average Bonchev–Trinajstić information content (AvgIpc) is 2.71. The van der Waals surface area contributed by atoms with Crippen LogP contribution in [-0.4, -0.2) is 24.4 Å². The summed E-state index contributed by atoms with van der Waals surface area (Å²) in [7, 11) is 0. The number of nitrogens with two attached hydrogens (primary N) is 1. The molecule has 5 nitrogen and oxygen atoms in total. The van der Waals surface area contributed by atoms with E-state index in [0.717, 1.165) is 23.4 Å². The molecule has 5 heteroatoms. The molecular formula is C13H17N3O2. The molecule has 1 atom stereocenters. The van der Waals surface area contributed by atoms with Crippen LogP contribution in [0.4, 0.5) is 11.4 Å². The third-order valence-corrected chi connectivity index (χ3v) is 3.04. The third-order valence-electron chi connectivity index (χ3n) is 3.04. The standard InChI is InChI=1S/C13H17N3O2/c1-8(14)13(18)15-11-3-4-12-10(7-11)5-6-16(12)9(2)17/h3-4,7-8H,5-6,14H2,1-2H3,(H,15,18)/t8-/m1/s1. The van der Waals surface area contributed by atoms with Crippen LogP contribution in [-0.2, 0) is 16.0 Å². The van der Waals surface area contributed by atoms with Gasteiger partial charge in [0.25, 0.3) is 0 Å². The summed E-state index contributed by atoms with van der Waals surface area (Å²) in [6.45, 7) is 3.90. The molecular weight excluding hydrogens is 230 g/mol. The quantitative estimate of drug-likeness (QED) is 0.814. The van der Waals surface area contributed by atoms with E-state index in [4.69, 9.17) is 5.73 Å². The molecule has 2 amide bonds. The Balaban J connectivity index is 2.20. The number of carbonyl (C=O) groups is 2. The van der Waals surface area contributed by atoms with Crippen molar-refractivity contribution < 1.29 is 9.59 Å². The van der Waals surface area contributed by atoms with Gasteiger partial charge in [-0.05, 0) is 37.1 Å². The van der Waals surface area contributed by atoms with E-state index in [-0.39, 0.29) is 11.8 Å². The molecule has 1 aromatic carbocycles. The number of nitrogens with one attached hydrogen (secondary N) is 1. The van der Waals surface area contributed by atoms with Crippen molar-refractivity contribution in [1.82, 2.24) is 0 Å². The van der Waals surface area contributed by atoms with Crippen LogP contribution in [0.3, 0.4) is 0 Å². The molecule has 1 aliphatic rings. The lowest BCUT2D eigenvalue weighted by Crippen LogP contribution is -2.32. The zero-order valence-corrected chi connectivity index (χ0v) is 10.6. The largest absolute Gasteiger partial charge is 0.325 e. The molecule has 1 heterocycles. The Hall–Kier alpha value is -1.88. The van der Waals surface area contributed by atoms with Crippen molar-refractivity contribution >= 4 is 23.2 Å². The van der Waals surface area contributed by atoms with Crippen LogP contribution in [0.5, 0.6) is 0 Å². The SMILES string of the molecule is CC(=O)N1CCc2cc(NC(=O)[C@@H](C)N)ccc21. The lowest BCUT2D eigenvalue weighted by atomic mass is 10.1. The van der Waals surface area contributed by atoms with Gasteiger partial charge >= 0.3 is 0 Å². The van der Waals surface area contributed by atoms with E-state index in [1.54, 1.807) is 24.8 Å². The van der Waals surface area contributed by atoms with Crippen molar-refractivity contribution in [3.05, 3.63) is 23.8 Å². The molecule has 3 N–H and O–H groups in total. The summed E-state index contributed by atoms with van der Waals surface area (Å²) < 4.78 is 0. The summed E-state index contributed by atoms with van der Waals surface area (Å²) in [5.41, 5.74) is 8.23. The van der Waals surface area contributed by atoms with E-state index < -0.39 is 6.04 Å². The van der Waals surface area contributed by atoms with E-state index in [0.29, 0.717) is 6.54 Å². The first-order valence-electron chi connectivity index (χ1n) is 5.96. The molecule has 2 rings (SSSR count). The Morgan fingerprint density at radius 1 is 1.44 bits per heavy atom. The summed E-state index contributed by atoms with van der Waals surface area (Å²) in [4.78, 5) is 24.6. The van der Waals surface area contributed by atoms with Gasteiger partial charge in [0.15, 0.2) is 0 Å². The van der Waals surface area contributed by atoms with Crippen molar-refractivity contribution in [2.45, 2.75) is 26.3 Å². The average molecular weight is 247 g/mol. The summed E-state index contributed by atoms with van der Waals surface area (Å²) in [5, 5.41) is 2.75. The van der Waals surface area contributed by atoms with Crippen LogP contribution in [0.2, 0.25) is 0 Å². The maximum Gasteiger partial charge on any atom is 0.240 e. The molecule has 0 radical (unpaired) electrons. The second kappa shape index (κ2) is 4.78. The zero-order chi connectivity index (χ0) is 13.3. The van der Waals surface area contributed by atoms with Gasteiger partial charge in [0, 0.05) is 24.8 Å². The second-order valence-corrected chi connectivity index (χ2v) is 4.54. The number of anilines is 2. The van der Waals surface area contributed by atoms with Crippen molar-refractivity contribution in [3.63, 3.8) is 0 Å². The molecule has 18 heavy (non-hydrogen) atoms. The van der Waals surface area contributed by atoms with E-state index >= 15 is 0 Å². The van der Waals surface area contributed by atoms with Crippen molar-refractivity contribution in [3.8, 4) is 0 Å². The first-order valence-corrected chi connectivity index (χ1v) is 5.96. The summed E-state index contributed by atoms with van der Waals surface area (Å²) >= 11 is 0. The van der Waals surface area contributed by atoms with Crippen LogP contribution < -0.4 is 16.0 Å². The van der Waals surface area contributed by atoms with Gasteiger partial charge in [-0.1, -0.05) is 0 Å². The Kier molecular flexibility index (Phi) is 3.34. The molecule has 0 saturated carbocycles. The Morgan fingerprint density at radius 2 is 2.17 bits per heavy atom. The molecule has 0 aromatic heterocycles. The maximum absolute atomic E-state index is 11.5. The number of carbonyl (C=O) groups excluding carboxylic acids is 2. The second-order valence-electron chi connectivity index (χ2n) is 4.54. The molecule has 1 aromatic rings. The lowest BCUT2D eigenvalue weighted by molar-refractivity contribution is -0.117. The topological polar surface area (TPSA) is 75.4 Å². The van der Waals surface area contributed by atoms with Gasteiger partial charge in [0.2, 0.25) is 11.8 Å². The van der Waals surface area contributed by atoms with Crippen LogP contribution in [0.15, 0.2) is 18.2 Å². The van der Waals surface area contributed by atoms with Gasteiger partial charge in [-0.2, -0.15) is 0 Å². The van der Waals surface area contributed by atoms with Gasteiger partial charge < -0.3 is 16.0 Å². The van der Waals surface area contributed by atoms with Gasteiger partial charge in [-0.3, -0.25) is 9.59 Å². The van der Waals surface area contributed by atoms with Crippen LogP contribution in [0, 0.1) is 0 Å². The normalized spacial score (nSPS) is 15.2. The predicted molar refractivity (Wildman–Crippen MR) is 70.5 cm³/mol. The van der Waals surface area contributed by atoms with Crippen molar-refractivity contribution in [1.29, 1.82) is 0 Å². The highest BCUT2D eigenvalue weighted by Crippen LogP contribution is 2.30. The third kappa shape index (κ3) is 2.36. The number of benzene rings is 1. The highest BCUT2D eigenvalue weighted by molar-refractivity contribution is 5.96. The van der Waals surface area contributed by atoms with E-state index in [1.165, 1.54) is 0 Å². The lowest BCUT2D eigenvalue weighted by Gasteiger charge is -2.15. The molecule has 1 aliphatic heterocycles. The minimum atomic E-state index is -0.535. The fraction of sp³-hybridized carbons (Fsp3) is 0.385. The molecule has 0 unspecified atom stereocenters. The van der Waals surface area contributed by atoms with Gasteiger partial charge in [0.1, 0.15) is 0 Å². The highest BCUT2D eigenvalue weighted by Gasteiger charge is 2.22. The van der Waals surface area contributed by atoms with Crippen molar-refractivity contribution in [2.24, 2.45) is 5.73 Å². The molecule has 0 bridgehead atoms. The molecule has 96 valence electrons. The van der Waals surface area contributed by atoms with Crippen molar-refractivity contribution in [2.75, 3.05) is 16.8 Å². The molecule has 0 saturated heterocycles. The van der Waals surface area contributed by atoms with Crippen LogP contribution in [0.1, 0.15) is 19.4 Å². The van der Waals surface area contributed by atoms with Crippen LogP contribution in [0.25, 0.3) is 0 Å². The molecule has 0 aliphatic carbocycles. The monoisotopic (exact) mass is 247 g/mol. The Labute approximate surface area is 106 Å². The predicted octanol–water partition coefficient (Wildman–Crippen LogP) is 0.881. The molecule has 0 spiro atoms. The van der Waals surface area contributed by atoms with E-state index in [2.05, 4.69) is 5.32 Å². The summed E-state index contributed by atoms with van der Waals surface area (Å²) in [5.74, 6) is -0.169. The molecule has 0 fully saturated rings. The van der Waals surface area contributed by atoms with Gasteiger partial charge in [0.05, 0.1) is 6.04 Å². The minimum Gasteiger partial charge on any atom is -0.325 e. The summed E-state index contributed by atoms with van der Waals surface area (Å²) in [6.07, 6.45) is 0.816. The number of nitrogens with zero attached hydrogens (tertiary/aromatic N) is 1. The Bertz CT molecular complexity index is 497.